The first-order valence-corrected chi connectivity index (χ1v) is 6.76. The van der Waals surface area contributed by atoms with Crippen LogP contribution in [0.15, 0.2) is 43.0 Å². The molecule has 0 amide bonds. The van der Waals surface area contributed by atoms with Gasteiger partial charge in [-0.05, 0) is 17.9 Å². The molecular weight excluding hydrogens is 238 g/mol. The average molecular weight is 259 g/mol. The van der Waals surface area contributed by atoms with Crippen LogP contribution in [-0.4, -0.2) is 28.1 Å². The molecule has 3 nitrogen and oxygen atoms in total. The highest BCUT2D eigenvalue weighted by atomic mass is 16.4. The van der Waals surface area contributed by atoms with Gasteiger partial charge in [0.2, 0.25) is 0 Å². The van der Waals surface area contributed by atoms with Gasteiger partial charge >= 0.3 is 5.97 Å². The van der Waals surface area contributed by atoms with Crippen LogP contribution in [0.5, 0.6) is 0 Å². The highest BCUT2D eigenvalue weighted by Gasteiger charge is 2.37. The molecule has 3 atom stereocenters. The SMILES string of the molecule is C=CC1C(C)CC(CC(=O)O)N1Cc1ccccc1. The standard InChI is InChI=1S/C16H21NO2/c1-3-15-12(2)9-14(10-16(18)19)17(15)11-13-7-5-4-6-8-13/h3-8,12,14-15H,1,9-11H2,2H3,(H,18,19). The Balaban J connectivity index is 2.16. The molecule has 1 aromatic rings. The van der Waals surface area contributed by atoms with Crippen LogP contribution in [0.1, 0.15) is 25.3 Å². The first-order chi connectivity index (χ1) is 9.11. The minimum atomic E-state index is -0.722. The van der Waals surface area contributed by atoms with Gasteiger partial charge in [0.05, 0.1) is 6.42 Å². The molecule has 3 heteroatoms. The number of nitrogens with zero attached hydrogens (tertiary/aromatic N) is 1. The lowest BCUT2D eigenvalue weighted by Gasteiger charge is -2.28. The first-order valence-electron chi connectivity index (χ1n) is 6.76. The molecule has 1 aliphatic rings. The maximum Gasteiger partial charge on any atom is 0.304 e. The largest absolute Gasteiger partial charge is 0.481 e. The summed E-state index contributed by atoms with van der Waals surface area (Å²) in [6, 6.07) is 10.6. The number of rotatable bonds is 5. The average Bonchev–Trinajstić information content (AvgIpc) is 2.65. The number of hydrogen-bond donors (Lipinski definition) is 1. The van der Waals surface area contributed by atoms with Crippen LogP contribution in [0.25, 0.3) is 0 Å². The summed E-state index contributed by atoms with van der Waals surface area (Å²) in [5.74, 6) is -0.259. The molecule has 0 bridgehead atoms. The third kappa shape index (κ3) is 3.24. The fraction of sp³-hybridized carbons (Fsp3) is 0.438. The number of likely N-dealkylation sites (tertiary alicyclic amines) is 1. The monoisotopic (exact) mass is 259 g/mol. The second kappa shape index (κ2) is 6.02. The van der Waals surface area contributed by atoms with Crippen molar-refractivity contribution in [3.8, 4) is 0 Å². The number of hydrogen-bond acceptors (Lipinski definition) is 2. The van der Waals surface area contributed by atoms with Gasteiger partial charge in [-0.2, -0.15) is 0 Å². The maximum absolute atomic E-state index is 11.0. The van der Waals surface area contributed by atoms with Crippen molar-refractivity contribution in [2.24, 2.45) is 5.92 Å². The van der Waals surface area contributed by atoms with Gasteiger partial charge in [-0.1, -0.05) is 43.3 Å². The summed E-state index contributed by atoms with van der Waals surface area (Å²) in [6.07, 6.45) is 3.09. The van der Waals surface area contributed by atoms with Crippen molar-refractivity contribution in [3.05, 3.63) is 48.6 Å². The normalized spacial score (nSPS) is 27.3. The van der Waals surface area contributed by atoms with E-state index in [-0.39, 0.29) is 18.5 Å². The molecule has 1 aliphatic heterocycles. The molecule has 1 heterocycles. The zero-order chi connectivity index (χ0) is 13.8. The molecule has 0 aromatic heterocycles. The Morgan fingerprint density at radius 3 is 2.74 bits per heavy atom. The Hall–Kier alpha value is -1.61. The second-order valence-electron chi connectivity index (χ2n) is 5.35. The minimum absolute atomic E-state index is 0.107. The van der Waals surface area contributed by atoms with Crippen LogP contribution >= 0.6 is 0 Å². The van der Waals surface area contributed by atoms with E-state index in [2.05, 4.69) is 30.5 Å². The Labute approximate surface area is 114 Å². The van der Waals surface area contributed by atoms with Crippen LogP contribution in [0.4, 0.5) is 0 Å². The summed E-state index contributed by atoms with van der Waals surface area (Å²) >= 11 is 0. The fourth-order valence-corrected chi connectivity index (χ4v) is 3.07. The van der Waals surface area contributed by atoms with Gasteiger partial charge in [0.25, 0.3) is 0 Å². The van der Waals surface area contributed by atoms with E-state index in [4.69, 9.17) is 5.11 Å². The van der Waals surface area contributed by atoms with Crippen LogP contribution in [0, 0.1) is 5.92 Å². The zero-order valence-electron chi connectivity index (χ0n) is 11.3. The minimum Gasteiger partial charge on any atom is -0.481 e. The van der Waals surface area contributed by atoms with Gasteiger partial charge in [-0.3, -0.25) is 9.69 Å². The second-order valence-corrected chi connectivity index (χ2v) is 5.35. The predicted molar refractivity (Wildman–Crippen MR) is 75.8 cm³/mol. The lowest BCUT2D eigenvalue weighted by molar-refractivity contribution is -0.138. The summed E-state index contributed by atoms with van der Waals surface area (Å²) in [4.78, 5) is 13.3. The molecule has 1 N–H and O–H groups in total. The number of carboxylic acid groups (broad SMARTS) is 1. The van der Waals surface area contributed by atoms with Crippen molar-refractivity contribution in [3.63, 3.8) is 0 Å². The van der Waals surface area contributed by atoms with Gasteiger partial charge in [-0.15, -0.1) is 6.58 Å². The topological polar surface area (TPSA) is 40.5 Å². The van der Waals surface area contributed by atoms with E-state index in [1.54, 1.807) is 0 Å². The summed E-state index contributed by atoms with van der Waals surface area (Å²) in [5, 5.41) is 9.05. The summed E-state index contributed by atoms with van der Waals surface area (Å²) in [6.45, 7) is 6.87. The van der Waals surface area contributed by atoms with Crippen molar-refractivity contribution < 1.29 is 9.90 Å². The lowest BCUT2D eigenvalue weighted by atomic mass is 10.0. The van der Waals surface area contributed by atoms with Crippen LogP contribution in [0.3, 0.4) is 0 Å². The van der Waals surface area contributed by atoms with Gasteiger partial charge in [0.1, 0.15) is 0 Å². The Kier molecular flexibility index (Phi) is 4.38. The molecule has 3 unspecified atom stereocenters. The number of carboxylic acids is 1. The van der Waals surface area contributed by atoms with Crippen LogP contribution < -0.4 is 0 Å². The molecule has 19 heavy (non-hydrogen) atoms. The molecule has 0 aliphatic carbocycles. The van der Waals surface area contributed by atoms with Crippen molar-refractivity contribution in [1.82, 2.24) is 4.90 Å². The Morgan fingerprint density at radius 2 is 2.16 bits per heavy atom. The quantitative estimate of drug-likeness (QED) is 0.827. The van der Waals surface area contributed by atoms with Crippen LogP contribution in [-0.2, 0) is 11.3 Å². The lowest BCUT2D eigenvalue weighted by Crippen LogP contribution is -2.36. The molecule has 1 aromatic carbocycles. The smallest absolute Gasteiger partial charge is 0.304 e. The fourth-order valence-electron chi connectivity index (χ4n) is 3.07. The summed E-state index contributed by atoms with van der Waals surface area (Å²) < 4.78 is 0. The van der Waals surface area contributed by atoms with E-state index in [0.29, 0.717) is 5.92 Å². The first kappa shape index (κ1) is 13.8. The third-order valence-electron chi connectivity index (χ3n) is 3.94. The molecule has 0 saturated carbocycles. The third-order valence-corrected chi connectivity index (χ3v) is 3.94. The van der Waals surface area contributed by atoms with Crippen molar-refractivity contribution in [1.29, 1.82) is 0 Å². The Bertz CT molecular complexity index is 443. The van der Waals surface area contributed by atoms with E-state index in [1.165, 1.54) is 5.56 Å². The summed E-state index contributed by atoms with van der Waals surface area (Å²) in [5.41, 5.74) is 1.22. The van der Waals surface area contributed by atoms with Crippen LogP contribution in [0.2, 0.25) is 0 Å². The molecule has 0 spiro atoms. The predicted octanol–water partition coefficient (Wildman–Crippen LogP) is 2.93. The van der Waals surface area contributed by atoms with Gasteiger partial charge in [0.15, 0.2) is 0 Å². The zero-order valence-corrected chi connectivity index (χ0v) is 11.3. The molecule has 2 rings (SSSR count). The van der Waals surface area contributed by atoms with E-state index < -0.39 is 5.97 Å². The molecule has 0 radical (unpaired) electrons. The molecule has 102 valence electrons. The van der Waals surface area contributed by atoms with Gasteiger partial charge < -0.3 is 5.11 Å². The maximum atomic E-state index is 11.0. The Morgan fingerprint density at radius 1 is 1.47 bits per heavy atom. The number of aliphatic carboxylic acids is 1. The van der Waals surface area contributed by atoms with E-state index in [0.717, 1.165) is 13.0 Å². The van der Waals surface area contributed by atoms with E-state index in [1.807, 2.05) is 24.3 Å². The van der Waals surface area contributed by atoms with Gasteiger partial charge in [0, 0.05) is 18.6 Å². The van der Waals surface area contributed by atoms with Crippen molar-refractivity contribution in [2.45, 2.75) is 38.4 Å². The highest BCUT2D eigenvalue weighted by Crippen LogP contribution is 2.33. The van der Waals surface area contributed by atoms with E-state index >= 15 is 0 Å². The number of benzene rings is 1. The molecular formula is C16H21NO2. The number of carbonyl (C=O) groups is 1. The van der Waals surface area contributed by atoms with Crippen molar-refractivity contribution >= 4 is 5.97 Å². The molecule has 1 fully saturated rings. The molecule has 1 saturated heterocycles. The highest BCUT2D eigenvalue weighted by molar-refractivity contribution is 5.67. The summed E-state index contributed by atoms with van der Waals surface area (Å²) in [7, 11) is 0. The van der Waals surface area contributed by atoms with Gasteiger partial charge in [-0.25, -0.2) is 0 Å². The van der Waals surface area contributed by atoms with Crippen molar-refractivity contribution in [2.75, 3.05) is 0 Å². The van der Waals surface area contributed by atoms with E-state index in [9.17, 15) is 4.79 Å².